The summed E-state index contributed by atoms with van der Waals surface area (Å²) in [4.78, 5) is 0. The Morgan fingerprint density at radius 1 is 1.18 bits per heavy atom. The van der Waals surface area contributed by atoms with Gasteiger partial charge in [-0.3, -0.25) is 4.68 Å². The van der Waals surface area contributed by atoms with Gasteiger partial charge in [-0.15, -0.1) is 0 Å². The molecule has 0 bridgehead atoms. The summed E-state index contributed by atoms with van der Waals surface area (Å²) in [5, 5.41) is 7.70. The van der Waals surface area contributed by atoms with E-state index in [0.29, 0.717) is 0 Å². The van der Waals surface area contributed by atoms with Gasteiger partial charge in [0.1, 0.15) is 0 Å². The van der Waals surface area contributed by atoms with Crippen LogP contribution in [0.4, 0.5) is 0 Å². The van der Waals surface area contributed by atoms with Crippen molar-refractivity contribution in [2.75, 3.05) is 6.54 Å². The fourth-order valence-electron chi connectivity index (χ4n) is 1.89. The second-order valence-corrected chi connectivity index (χ2v) is 4.05. The summed E-state index contributed by atoms with van der Waals surface area (Å²) >= 11 is 0. The molecule has 0 spiro atoms. The highest BCUT2D eigenvalue weighted by Gasteiger charge is 1.99. The molecule has 0 aliphatic carbocycles. The Morgan fingerprint density at radius 2 is 2.00 bits per heavy atom. The molecule has 1 N–H and O–H groups in total. The van der Waals surface area contributed by atoms with Gasteiger partial charge in [0.05, 0.1) is 5.69 Å². The molecule has 0 aliphatic heterocycles. The first-order chi connectivity index (χ1) is 8.40. The van der Waals surface area contributed by atoms with Gasteiger partial charge in [0.25, 0.3) is 0 Å². The van der Waals surface area contributed by atoms with E-state index in [0.717, 1.165) is 26.1 Å². The topological polar surface area (TPSA) is 29.9 Å². The molecule has 0 fully saturated rings. The highest BCUT2D eigenvalue weighted by Crippen LogP contribution is 2.00. The van der Waals surface area contributed by atoms with E-state index < -0.39 is 0 Å². The molecule has 0 unspecified atom stereocenters. The number of nitrogens with one attached hydrogen (secondary N) is 1. The van der Waals surface area contributed by atoms with Crippen LogP contribution in [-0.2, 0) is 19.5 Å². The maximum Gasteiger partial charge on any atom is 0.0521 e. The molecule has 17 heavy (non-hydrogen) atoms. The van der Waals surface area contributed by atoms with Crippen molar-refractivity contribution >= 4 is 0 Å². The molecular weight excluding hydrogens is 210 g/mol. The minimum absolute atomic E-state index is 0.890. The second-order valence-electron chi connectivity index (χ2n) is 4.05. The molecule has 0 saturated carbocycles. The Balaban J connectivity index is 1.73. The van der Waals surface area contributed by atoms with Crippen LogP contribution in [0.25, 0.3) is 0 Å². The van der Waals surface area contributed by atoms with E-state index in [1.165, 1.54) is 11.3 Å². The number of hydrogen-bond donors (Lipinski definition) is 1. The Bertz CT molecular complexity index is 434. The van der Waals surface area contributed by atoms with Gasteiger partial charge in [-0.05, 0) is 31.5 Å². The summed E-state index contributed by atoms with van der Waals surface area (Å²) < 4.78 is 2.02. The monoisotopic (exact) mass is 229 g/mol. The van der Waals surface area contributed by atoms with Gasteiger partial charge in [0.2, 0.25) is 0 Å². The van der Waals surface area contributed by atoms with Crippen LogP contribution in [0.1, 0.15) is 18.2 Å². The van der Waals surface area contributed by atoms with Crippen LogP contribution in [0.5, 0.6) is 0 Å². The second kappa shape index (κ2) is 6.21. The lowest BCUT2D eigenvalue weighted by Gasteiger charge is -2.06. The molecule has 2 aromatic rings. The van der Waals surface area contributed by atoms with Crippen molar-refractivity contribution in [2.45, 2.75) is 26.4 Å². The van der Waals surface area contributed by atoms with Crippen LogP contribution >= 0.6 is 0 Å². The predicted molar refractivity (Wildman–Crippen MR) is 69.8 cm³/mol. The van der Waals surface area contributed by atoms with Crippen molar-refractivity contribution in [2.24, 2.45) is 0 Å². The zero-order valence-corrected chi connectivity index (χ0v) is 10.3. The Morgan fingerprint density at radius 3 is 2.76 bits per heavy atom. The number of nitrogens with zero attached hydrogens (tertiary/aromatic N) is 2. The highest BCUT2D eigenvalue weighted by atomic mass is 15.3. The van der Waals surface area contributed by atoms with E-state index in [9.17, 15) is 0 Å². The van der Waals surface area contributed by atoms with Gasteiger partial charge < -0.3 is 5.32 Å². The van der Waals surface area contributed by atoms with Gasteiger partial charge >= 0.3 is 0 Å². The summed E-state index contributed by atoms with van der Waals surface area (Å²) in [6, 6.07) is 12.6. The first kappa shape index (κ1) is 11.9. The predicted octanol–water partition coefficient (Wildman–Crippen LogP) is 2.24. The molecule has 1 aromatic heterocycles. The van der Waals surface area contributed by atoms with Crippen LogP contribution in [0.3, 0.4) is 0 Å². The standard InChI is InChI=1S/C14H19N3/c1-2-17-14(9-11-16-17)12-15-10-8-13-6-4-3-5-7-13/h3-7,9,11,15H,2,8,10,12H2,1H3. The quantitative estimate of drug-likeness (QED) is 0.770. The molecule has 0 radical (unpaired) electrons. The van der Waals surface area contributed by atoms with E-state index >= 15 is 0 Å². The Kier molecular flexibility index (Phi) is 4.33. The summed E-state index contributed by atoms with van der Waals surface area (Å²) in [6.45, 7) is 4.93. The van der Waals surface area contributed by atoms with E-state index in [1.807, 2.05) is 10.9 Å². The first-order valence-electron chi connectivity index (χ1n) is 6.15. The van der Waals surface area contributed by atoms with Gasteiger partial charge in [0.15, 0.2) is 0 Å². The van der Waals surface area contributed by atoms with Crippen molar-refractivity contribution in [3.63, 3.8) is 0 Å². The third-order valence-electron chi connectivity index (χ3n) is 2.84. The first-order valence-corrected chi connectivity index (χ1v) is 6.15. The number of benzene rings is 1. The largest absolute Gasteiger partial charge is 0.311 e. The number of hydrogen-bond acceptors (Lipinski definition) is 2. The maximum atomic E-state index is 4.25. The molecule has 0 atom stereocenters. The average molecular weight is 229 g/mol. The normalized spacial score (nSPS) is 10.6. The highest BCUT2D eigenvalue weighted by molar-refractivity contribution is 5.14. The third-order valence-corrected chi connectivity index (χ3v) is 2.84. The van der Waals surface area contributed by atoms with Crippen LogP contribution in [0.2, 0.25) is 0 Å². The molecule has 3 nitrogen and oxygen atoms in total. The lowest BCUT2D eigenvalue weighted by Crippen LogP contribution is -2.19. The summed E-state index contributed by atoms with van der Waals surface area (Å²) in [6.07, 6.45) is 2.93. The Labute approximate surface area is 102 Å². The van der Waals surface area contributed by atoms with Gasteiger partial charge in [-0.2, -0.15) is 5.10 Å². The molecule has 1 aromatic carbocycles. The van der Waals surface area contributed by atoms with Crippen molar-refractivity contribution in [1.82, 2.24) is 15.1 Å². The van der Waals surface area contributed by atoms with Gasteiger partial charge in [0, 0.05) is 19.3 Å². The number of rotatable bonds is 6. The van der Waals surface area contributed by atoms with E-state index in [-0.39, 0.29) is 0 Å². The van der Waals surface area contributed by atoms with E-state index in [4.69, 9.17) is 0 Å². The SMILES string of the molecule is CCn1nccc1CNCCc1ccccc1. The van der Waals surface area contributed by atoms with E-state index in [1.54, 1.807) is 0 Å². The molecule has 1 heterocycles. The van der Waals surface area contributed by atoms with Crippen LogP contribution in [0, 0.1) is 0 Å². The number of aromatic nitrogens is 2. The minimum Gasteiger partial charge on any atom is -0.311 e. The van der Waals surface area contributed by atoms with Crippen molar-refractivity contribution in [3.05, 3.63) is 53.9 Å². The summed E-state index contributed by atoms with van der Waals surface area (Å²) in [7, 11) is 0. The Hall–Kier alpha value is -1.61. The maximum absolute atomic E-state index is 4.25. The van der Waals surface area contributed by atoms with Crippen LogP contribution in [0.15, 0.2) is 42.6 Å². The van der Waals surface area contributed by atoms with Gasteiger partial charge in [-0.25, -0.2) is 0 Å². The molecule has 0 aliphatic rings. The van der Waals surface area contributed by atoms with Crippen molar-refractivity contribution < 1.29 is 0 Å². The fraction of sp³-hybridized carbons (Fsp3) is 0.357. The minimum atomic E-state index is 0.890. The number of aryl methyl sites for hydroxylation is 1. The van der Waals surface area contributed by atoms with Crippen LogP contribution in [-0.4, -0.2) is 16.3 Å². The molecule has 90 valence electrons. The van der Waals surface area contributed by atoms with Crippen molar-refractivity contribution in [3.8, 4) is 0 Å². The smallest absolute Gasteiger partial charge is 0.0521 e. The summed E-state index contributed by atoms with van der Waals surface area (Å²) in [5.41, 5.74) is 2.63. The summed E-state index contributed by atoms with van der Waals surface area (Å²) in [5.74, 6) is 0. The van der Waals surface area contributed by atoms with E-state index in [2.05, 4.69) is 53.7 Å². The van der Waals surface area contributed by atoms with Gasteiger partial charge in [-0.1, -0.05) is 30.3 Å². The zero-order chi connectivity index (χ0) is 11.9. The molecule has 0 saturated heterocycles. The fourth-order valence-corrected chi connectivity index (χ4v) is 1.89. The third kappa shape index (κ3) is 3.43. The van der Waals surface area contributed by atoms with Crippen molar-refractivity contribution in [1.29, 1.82) is 0 Å². The lowest BCUT2D eigenvalue weighted by atomic mass is 10.1. The zero-order valence-electron chi connectivity index (χ0n) is 10.3. The van der Waals surface area contributed by atoms with Crippen LogP contribution < -0.4 is 5.32 Å². The lowest BCUT2D eigenvalue weighted by molar-refractivity contribution is 0.582. The molecular formula is C14H19N3. The molecule has 0 amide bonds. The molecule has 2 rings (SSSR count). The molecule has 3 heteroatoms. The average Bonchev–Trinajstić information content (AvgIpc) is 2.83.